The van der Waals surface area contributed by atoms with Gasteiger partial charge in [0.25, 0.3) is 0 Å². The summed E-state index contributed by atoms with van der Waals surface area (Å²) in [6.07, 6.45) is 3.26. The summed E-state index contributed by atoms with van der Waals surface area (Å²) in [5.74, 6) is 1.30. The third kappa shape index (κ3) is 5.69. The Labute approximate surface area is 214 Å². The smallest absolute Gasteiger partial charge is 0.240 e. The van der Waals surface area contributed by atoms with Crippen LogP contribution in [0.25, 0.3) is 0 Å². The highest BCUT2D eigenvalue weighted by atomic mass is 35.5. The number of methoxy groups -OCH3 is 1. The Hall–Kier alpha value is -3.41. The molecule has 4 rings (SSSR count). The highest BCUT2D eigenvalue weighted by molar-refractivity contribution is 7.89. The fourth-order valence-corrected chi connectivity index (χ4v) is 4.87. The van der Waals surface area contributed by atoms with Crippen LogP contribution in [0.3, 0.4) is 0 Å². The van der Waals surface area contributed by atoms with E-state index in [1.807, 2.05) is 12.1 Å². The van der Waals surface area contributed by atoms with E-state index in [1.165, 1.54) is 12.3 Å². The number of Topliss-reactive ketones (excluding diaryl/α,β-unsaturated/α-hetero) is 1. The molecule has 1 aliphatic heterocycles. The van der Waals surface area contributed by atoms with Gasteiger partial charge in [0.2, 0.25) is 16.0 Å². The van der Waals surface area contributed by atoms with Crippen LogP contribution in [0.5, 0.6) is 5.75 Å². The lowest BCUT2D eigenvalue weighted by molar-refractivity contribution is -0.119. The molecule has 0 bridgehead atoms. The number of halogens is 1. The van der Waals surface area contributed by atoms with E-state index in [1.54, 1.807) is 25.3 Å². The molecule has 12 heteroatoms. The predicted molar refractivity (Wildman–Crippen MR) is 140 cm³/mol. The number of ketones is 1. The van der Waals surface area contributed by atoms with E-state index < -0.39 is 10.0 Å². The van der Waals surface area contributed by atoms with Gasteiger partial charge in [0.15, 0.2) is 5.82 Å². The van der Waals surface area contributed by atoms with Crippen LogP contribution in [-0.2, 0) is 21.2 Å². The van der Waals surface area contributed by atoms with Crippen LogP contribution in [0.1, 0.15) is 25.3 Å². The van der Waals surface area contributed by atoms with E-state index in [0.29, 0.717) is 37.4 Å². The molecule has 0 saturated carbocycles. The number of carbonyl (C=O) groups is 1. The lowest BCUT2D eigenvalue weighted by Crippen LogP contribution is -2.34. The van der Waals surface area contributed by atoms with Crippen molar-refractivity contribution < 1.29 is 17.9 Å². The standard InChI is InChI=1S/C24H27ClN6O4S/c1-3-15-12-19(21(35-2)13-20(15)31-10-8-16(32)9-11-31)29-24-27-14-17(25)23(30-24)28-18-6-4-5-7-22(18)36(26,33)34/h4-7,12-14H,3,8-11H2,1-2H3,(H2,26,33,34)(H2,27,28,29,30). The van der Waals surface area contributed by atoms with Gasteiger partial charge >= 0.3 is 0 Å². The lowest BCUT2D eigenvalue weighted by Gasteiger charge is -2.30. The van der Waals surface area contributed by atoms with Crippen molar-refractivity contribution in [1.82, 2.24) is 9.97 Å². The number of aromatic nitrogens is 2. The van der Waals surface area contributed by atoms with Crippen molar-refractivity contribution in [2.75, 3.05) is 35.7 Å². The van der Waals surface area contributed by atoms with Crippen LogP contribution in [0.4, 0.5) is 28.8 Å². The molecule has 0 amide bonds. The van der Waals surface area contributed by atoms with Crippen molar-refractivity contribution in [2.45, 2.75) is 31.1 Å². The average Bonchev–Trinajstić information content (AvgIpc) is 2.86. The first-order chi connectivity index (χ1) is 17.2. The van der Waals surface area contributed by atoms with Crippen LogP contribution in [-0.4, -0.2) is 44.4 Å². The van der Waals surface area contributed by atoms with Crippen molar-refractivity contribution >= 4 is 56.2 Å². The monoisotopic (exact) mass is 530 g/mol. The molecule has 0 unspecified atom stereocenters. The van der Waals surface area contributed by atoms with Gasteiger partial charge in [-0.3, -0.25) is 4.79 Å². The first-order valence-corrected chi connectivity index (χ1v) is 13.3. The van der Waals surface area contributed by atoms with Crippen molar-refractivity contribution in [1.29, 1.82) is 0 Å². The van der Waals surface area contributed by atoms with E-state index in [2.05, 4.69) is 32.4 Å². The number of hydrogen-bond donors (Lipinski definition) is 3. The molecule has 190 valence electrons. The minimum absolute atomic E-state index is 0.0848. The van der Waals surface area contributed by atoms with Crippen LogP contribution >= 0.6 is 11.6 Å². The molecule has 10 nitrogen and oxygen atoms in total. The number of benzene rings is 2. The summed E-state index contributed by atoms with van der Waals surface area (Å²) in [5.41, 5.74) is 3.01. The Balaban J connectivity index is 1.64. The number of carbonyl (C=O) groups excluding carboxylic acids is 1. The lowest BCUT2D eigenvalue weighted by atomic mass is 10.0. The number of sulfonamides is 1. The Morgan fingerprint density at radius 3 is 2.53 bits per heavy atom. The number of aryl methyl sites for hydroxylation is 1. The highest BCUT2D eigenvalue weighted by Crippen LogP contribution is 2.37. The molecule has 0 aliphatic carbocycles. The average molecular weight is 531 g/mol. The third-order valence-corrected chi connectivity index (χ3v) is 7.13. The minimum Gasteiger partial charge on any atom is -0.494 e. The number of piperidine rings is 1. The number of para-hydroxylation sites is 1. The summed E-state index contributed by atoms with van der Waals surface area (Å²) < 4.78 is 29.5. The van der Waals surface area contributed by atoms with Crippen LogP contribution in [0.15, 0.2) is 47.5 Å². The molecule has 0 atom stereocenters. The first-order valence-electron chi connectivity index (χ1n) is 11.4. The molecule has 0 radical (unpaired) electrons. The molecular formula is C24H27ClN6O4S. The van der Waals surface area contributed by atoms with E-state index in [0.717, 1.165) is 17.7 Å². The molecule has 1 aromatic heterocycles. The Kier molecular flexibility index (Phi) is 7.62. The summed E-state index contributed by atoms with van der Waals surface area (Å²) in [4.78, 5) is 22.5. The van der Waals surface area contributed by atoms with Gasteiger partial charge in [-0.05, 0) is 30.2 Å². The second kappa shape index (κ2) is 10.7. The maximum atomic E-state index is 12.0. The number of primary sulfonamides is 1. The SMILES string of the molecule is CCc1cc(Nc2ncc(Cl)c(Nc3ccccc3S(N)(=O)=O)n2)c(OC)cc1N1CCC(=O)CC1. The summed E-state index contributed by atoms with van der Waals surface area (Å²) in [5, 5.41) is 11.6. The maximum absolute atomic E-state index is 12.0. The molecule has 2 heterocycles. The first kappa shape index (κ1) is 25.7. The van der Waals surface area contributed by atoms with E-state index in [9.17, 15) is 13.2 Å². The zero-order chi connectivity index (χ0) is 25.9. The topological polar surface area (TPSA) is 140 Å². The zero-order valence-electron chi connectivity index (χ0n) is 19.9. The number of hydrogen-bond acceptors (Lipinski definition) is 9. The number of nitrogens with two attached hydrogens (primary N) is 1. The number of anilines is 5. The van der Waals surface area contributed by atoms with Crippen molar-refractivity contribution in [3.8, 4) is 5.75 Å². The van der Waals surface area contributed by atoms with Crippen LogP contribution < -0.4 is 25.4 Å². The van der Waals surface area contributed by atoms with E-state index in [-0.39, 0.29) is 33.2 Å². The fraction of sp³-hybridized carbons (Fsp3) is 0.292. The van der Waals surface area contributed by atoms with Crippen LogP contribution in [0.2, 0.25) is 5.02 Å². The van der Waals surface area contributed by atoms with Crippen molar-refractivity contribution in [3.63, 3.8) is 0 Å². The van der Waals surface area contributed by atoms with Gasteiger partial charge in [0.1, 0.15) is 21.5 Å². The molecule has 1 fully saturated rings. The molecule has 3 aromatic rings. The second-order valence-corrected chi connectivity index (χ2v) is 10.2. The predicted octanol–water partition coefficient (Wildman–Crippen LogP) is 4.00. The molecule has 4 N–H and O–H groups in total. The van der Waals surface area contributed by atoms with Gasteiger partial charge < -0.3 is 20.3 Å². The summed E-state index contributed by atoms with van der Waals surface area (Å²) >= 11 is 6.29. The summed E-state index contributed by atoms with van der Waals surface area (Å²) in [7, 11) is -2.38. The molecular weight excluding hydrogens is 504 g/mol. The summed E-state index contributed by atoms with van der Waals surface area (Å²) in [6, 6.07) is 10.1. The van der Waals surface area contributed by atoms with Crippen molar-refractivity contribution in [2.24, 2.45) is 5.14 Å². The highest BCUT2D eigenvalue weighted by Gasteiger charge is 2.21. The fourth-order valence-electron chi connectivity index (χ4n) is 4.04. The number of nitrogens with zero attached hydrogens (tertiary/aromatic N) is 3. The Morgan fingerprint density at radius 2 is 1.86 bits per heavy atom. The Morgan fingerprint density at radius 1 is 1.14 bits per heavy atom. The van der Waals surface area contributed by atoms with E-state index in [4.69, 9.17) is 21.5 Å². The van der Waals surface area contributed by atoms with Crippen molar-refractivity contribution in [3.05, 3.63) is 53.2 Å². The number of ether oxygens (including phenoxy) is 1. The molecule has 0 spiro atoms. The largest absolute Gasteiger partial charge is 0.494 e. The van der Waals surface area contributed by atoms with Crippen LogP contribution in [0, 0.1) is 0 Å². The summed E-state index contributed by atoms with van der Waals surface area (Å²) in [6.45, 7) is 3.42. The van der Waals surface area contributed by atoms with Gasteiger partial charge in [-0.1, -0.05) is 30.7 Å². The molecule has 1 saturated heterocycles. The molecule has 1 aliphatic rings. The minimum atomic E-state index is -3.96. The van der Waals surface area contributed by atoms with Gasteiger partial charge in [0.05, 0.1) is 24.7 Å². The normalized spacial score (nSPS) is 14.0. The zero-order valence-corrected chi connectivity index (χ0v) is 21.5. The van der Waals surface area contributed by atoms with Gasteiger partial charge in [0, 0.05) is 37.7 Å². The number of nitrogens with one attached hydrogen (secondary N) is 2. The quantitative estimate of drug-likeness (QED) is 0.394. The number of rotatable bonds is 8. The molecule has 36 heavy (non-hydrogen) atoms. The maximum Gasteiger partial charge on any atom is 0.240 e. The Bertz CT molecular complexity index is 1390. The second-order valence-electron chi connectivity index (χ2n) is 8.24. The van der Waals surface area contributed by atoms with E-state index >= 15 is 0 Å². The van der Waals surface area contributed by atoms with Gasteiger partial charge in [-0.2, -0.15) is 4.98 Å². The third-order valence-electron chi connectivity index (χ3n) is 5.88. The molecule has 2 aromatic carbocycles. The van der Waals surface area contributed by atoms with Gasteiger partial charge in [-0.25, -0.2) is 18.5 Å². The van der Waals surface area contributed by atoms with Gasteiger partial charge in [-0.15, -0.1) is 0 Å².